The van der Waals surface area contributed by atoms with Crippen LogP contribution in [-0.2, 0) is 21.7 Å². The van der Waals surface area contributed by atoms with Crippen LogP contribution in [0.15, 0.2) is 42.5 Å². The standard InChI is InChI=1S/C22H23N3O6/c1-13(19(26)23-11-14-4-7-16(29-3)8-5-14)25-20(27)22(2,24-21(25)28)15-6-9-17-18(10-15)31-12-30-17/h4-10,13H,11-12H2,1-3H3,(H,23,26)(H,24,28)/t13-,22+/m1/s1. The Morgan fingerprint density at radius 2 is 1.90 bits per heavy atom. The van der Waals surface area contributed by atoms with Gasteiger partial charge in [0.2, 0.25) is 12.7 Å². The second kappa shape index (κ2) is 7.82. The highest BCUT2D eigenvalue weighted by molar-refractivity contribution is 6.10. The van der Waals surface area contributed by atoms with Gasteiger partial charge in [0.1, 0.15) is 17.3 Å². The largest absolute Gasteiger partial charge is 0.497 e. The molecule has 2 heterocycles. The Kier molecular flexibility index (Phi) is 5.18. The fraction of sp³-hybridized carbons (Fsp3) is 0.318. The van der Waals surface area contributed by atoms with E-state index in [9.17, 15) is 14.4 Å². The van der Waals surface area contributed by atoms with Crippen molar-refractivity contribution in [3.8, 4) is 17.2 Å². The lowest BCUT2D eigenvalue weighted by atomic mass is 9.91. The Labute approximate surface area is 179 Å². The van der Waals surface area contributed by atoms with Crippen LogP contribution in [0.4, 0.5) is 4.79 Å². The van der Waals surface area contributed by atoms with E-state index >= 15 is 0 Å². The van der Waals surface area contributed by atoms with Gasteiger partial charge in [0.25, 0.3) is 5.91 Å². The van der Waals surface area contributed by atoms with E-state index in [1.165, 1.54) is 6.92 Å². The molecule has 2 aliphatic rings. The minimum atomic E-state index is -1.32. The summed E-state index contributed by atoms with van der Waals surface area (Å²) in [6.45, 7) is 3.49. The Morgan fingerprint density at radius 1 is 1.19 bits per heavy atom. The first-order valence-electron chi connectivity index (χ1n) is 9.80. The predicted molar refractivity (Wildman–Crippen MR) is 110 cm³/mol. The molecule has 2 atom stereocenters. The number of urea groups is 1. The maximum Gasteiger partial charge on any atom is 0.326 e. The number of rotatable bonds is 6. The highest BCUT2D eigenvalue weighted by atomic mass is 16.7. The highest BCUT2D eigenvalue weighted by Gasteiger charge is 2.52. The average Bonchev–Trinajstić information content (AvgIpc) is 3.33. The smallest absolute Gasteiger partial charge is 0.326 e. The number of carbonyl (C=O) groups excluding carboxylic acids is 3. The Bertz CT molecular complexity index is 1040. The molecule has 0 bridgehead atoms. The number of hydrogen-bond donors (Lipinski definition) is 2. The van der Waals surface area contributed by atoms with Crippen molar-refractivity contribution in [3.05, 3.63) is 53.6 Å². The molecule has 2 aliphatic heterocycles. The molecule has 4 rings (SSSR count). The zero-order valence-corrected chi connectivity index (χ0v) is 17.4. The molecule has 4 amide bonds. The number of nitrogens with zero attached hydrogens (tertiary/aromatic N) is 1. The van der Waals surface area contributed by atoms with Gasteiger partial charge in [-0.15, -0.1) is 0 Å². The van der Waals surface area contributed by atoms with Gasteiger partial charge in [-0.1, -0.05) is 18.2 Å². The molecule has 9 nitrogen and oxygen atoms in total. The molecule has 0 radical (unpaired) electrons. The average molecular weight is 425 g/mol. The van der Waals surface area contributed by atoms with Gasteiger partial charge in [0, 0.05) is 6.54 Å². The lowest BCUT2D eigenvalue weighted by Gasteiger charge is -2.24. The van der Waals surface area contributed by atoms with Gasteiger partial charge in [-0.05, 0) is 49.2 Å². The zero-order chi connectivity index (χ0) is 22.2. The quantitative estimate of drug-likeness (QED) is 0.685. The van der Waals surface area contributed by atoms with Crippen LogP contribution in [0, 0.1) is 0 Å². The minimum Gasteiger partial charge on any atom is -0.497 e. The molecule has 2 aromatic carbocycles. The maximum atomic E-state index is 13.2. The summed E-state index contributed by atoms with van der Waals surface area (Å²) in [6, 6.07) is 10.7. The van der Waals surface area contributed by atoms with Gasteiger partial charge in [0.05, 0.1) is 7.11 Å². The molecular formula is C22H23N3O6. The lowest BCUT2D eigenvalue weighted by Crippen LogP contribution is -2.49. The number of imide groups is 1. The van der Waals surface area contributed by atoms with E-state index in [0.717, 1.165) is 10.5 Å². The molecule has 1 fully saturated rings. The molecule has 2 aromatic rings. The highest BCUT2D eigenvalue weighted by Crippen LogP contribution is 2.38. The normalized spacial score (nSPS) is 20.4. The van der Waals surface area contributed by atoms with Crippen LogP contribution in [0.1, 0.15) is 25.0 Å². The van der Waals surface area contributed by atoms with Crippen molar-refractivity contribution in [3.63, 3.8) is 0 Å². The molecule has 2 N–H and O–H groups in total. The van der Waals surface area contributed by atoms with Gasteiger partial charge in [-0.25, -0.2) is 9.69 Å². The van der Waals surface area contributed by atoms with Crippen LogP contribution in [0.2, 0.25) is 0 Å². The first kappa shape index (κ1) is 20.5. The van der Waals surface area contributed by atoms with Gasteiger partial charge in [-0.2, -0.15) is 0 Å². The van der Waals surface area contributed by atoms with Crippen molar-refractivity contribution in [1.29, 1.82) is 0 Å². The maximum absolute atomic E-state index is 13.2. The fourth-order valence-electron chi connectivity index (χ4n) is 3.61. The second-order valence-electron chi connectivity index (χ2n) is 7.54. The van der Waals surface area contributed by atoms with E-state index in [2.05, 4.69) is 10.6 Å². The third kappa shape index (κ3) is 3.63. The molecule has 31 heavy (non-hydrogen) atoms. The topological polar surface area (TPSA) is 106 Å². The third-order valence-corrected chi connectivity index (χ3v) is 5.56. The summed E-state index contributed by atoms with van der Waals surface area (Å²) < 4.78 is 15.8. The predicted octanol–water partition coefficient (Wildman–Crippen LogP) is 1.90. The first-order valence-corrected chi connectivity index (χ1v) is 9.80. The van der Waals surface area contributed by atoms with Crippen LogP contribution >= 0.6 is 0 Å². The van der Waals surface area contributed by atoms with Gasteiger partial charge >= 0.3 is 6.03 Å². The van der Waals surface area contributed by atoms with Crippen LogP contribution in [-0.4, -0.2) is 42.7 Å². The zero-order valence-electron chi connectivity index (χ0n) is 17.4. The summed E-state index contributed by atoms with van der Waals surface area (Å²) in [5, 5.41) is 5.47. The number of carbonyl (C=O) groups is 3. The van der Waals surface area contributed by atoms with Crippen molar-refractivity contribution >= 4 is 17.8 Å². The summed E-state index contributed by atoms with van der Waals surface area (Å²) in [5.41, 5.74) is 0.0926. The monoisotopic (exact) mass is 425 g/mol. The van der Waals surface area contributed by atoms with Crippen molar-refractivity contribution in [2.24, 2.45) is 0 Å². The van der Waals surface area contributed by atoms with Crippen molar-refractivity contribution in [2.75, 3.05) is 13.9 Å². The molecule has 9 heteroatoms. The Balaban J connectivity index is 1.46. The lowest BCUT2D eigenvalue weighted by molar-refractivity contribution is -0.137. The molecule has 0 aliphatic carbocycles. The second-order valence-corrected chi connectivity index (χ2v) is 7.54. The van der Waals surface area contributed by atoms with Gasteiger partial charge < -0.3 is 24.8 Å². The molecule has 162 valence electrons. The molecule has 0 saturated carbocycles. The molecular weight excluding hydrogens is 402 g/mol. The summed E-state index contributed by atoms with van der Waals surface area (Å²) in [7, 11) is 1.58. The molecule has 1 saturated heterocycles. The van der Waals surface area contributed by atoms with Crippen LogP contribution in [0.3, 0.4) is 0 Å². The Hall–Kier alpha value is -3.75. The van der Waals surface area contributed by atoms with Crippen LogP contribution in [0.5, 0.6) is 17.2 Å². The summed E-state index contributed by atoms with van der Waals surface area (Å²) in [4.78, 5) is 39.5. The number of nitrogens with one attached hydrogen (secondary N) is 2. The number of hydrogen-bond acceptors (Lipinski definition) is 6. The van der Waals surface area contributed by atoms with E-state index in [0.29, 0.717) is 22.8 Å². The number of ether oxygens (including phenoxy) is 3. The van der Waals surface area contributed by atoms with E-state index in [1.54, 1.807) is 44.4 Å². The summed E-state index contributed by atoms with van der Waals surface area (Å²) in [5.74, 6) is 0.847. The SMILES string of the molecule is COc1ccc(CNC(=O)[C@@H](C)N2C(=O)N[C@@](C)(c3ccc4c(c3)OCO4)C2=O)cc1. The van der Waals surface area contributed by atoms with Gasteiger partial charge in [-0.3, -0.25) is 9.59 Å². The number of methoxy groups -OCH3 is 1. The Morgan fingerprint density at radius 3 is 2.61 bits per heavy atom. The number of fused-ring (bicyclic) bond motifs is 1. The van der Waals surface area contributed by atoms with Crippen molar-refractivity contribution in [1.82, 2.24) is 15.5 Å². The van der Waals surface area contributed by atoms with Crippen molar-refractivity contribution < 1.29 is 28.6 Å². The molecule has 0 spiro atoms. The van der Waals surface area contributed by atoms with E-state index in [-0.39, 0.29) is 13.3 Å². The first-order chi connectivity index (χ1) is 14.8. The third-order valence-electron chi connectivity index (χ3n) is 5.56. The van der Waals surface area contributed by atoms with Crippen LogP contribution < -0.4 is 24.8 Å². The van der Waals surface area contributed by atoms with E-state index in [4.69, 9.17) is 14.2 Å². The van der Waals surface area contributed by atoms with Gasteiger partial charge in [0.15, 0.2) is 11.5 Å². The van der Waals surface area contributed by atoms with E-state index in [1.807, 2.05) is 12.1 Å². The summed E-state index contributed by atoms with van der Waals surface area (Å²) in [6.07, 6.45) is 0. The number of benzene rings is 2. The fourth-order valence-corrected chi connectivity index (χ4v) is 3.61. The number of amides is 4. The van der Waals surface area contributed by atoms with Crippen LogP contribution in [0.25, 0.3) is 0 Å². The molecule has 0 unspecified atom stereocenters. The minimum absolute atomic E-state index is 0.104. The van der Waals surface area contributed by atoms with E-state index < -0.39 is 29.4 Å². The van der Waals surface area contributed by atoms with Crippen molar-refractivity contribution in [2.45, 2.75) is 32.0 Å². The molecule has 0 aromatic heterocycles. The summed E-state index contributed by atoms with van der Waals surface area (Å²) >= 11 is 0.